The van der Waals surface area contributed by atoms with Crippen molar-refractivity contribution in [3.05, 3.63) is 22.7 Å². The molecule has 5 nitrogen and oxygen atoms in total. The topological polar surface area (TPSA) is 65.0 Å². The molecule has 0 radical (unpaired) electrons. The Labute approximate surface area is 122 Å². The van der Waals surface area contributed by atoms with Crippen molar-refractivity contribution in [1.82, 2.24) is 0 Å². The van der Waals surface area contributed by atoms with Crippen molar-refractivity contribution < 1.29 is 24.1 Å². The van der Waals surface area contributed by atoms with Crippen LogP contribution in [-0.2, 0) is 9.53 Å². The summed E-state index contributed by atoms with van der Waals surface area (Å²) >= 11 is 6.11. The Balaban J connectivity index is 2.16. The second-order valence-electron chi connectivity index (χ2n) is 4.70. The maximum atomic E-state index is 11.4. The minimum Gasteiger partial charge on any atom is -0.486 e. The number of aliphatic hydroxyl groups is 1. The molecule has 1 heterocycles. The summed E-state index contributed by atoms with van der Waals surface area (Å²) in [5.41, 5.74) is 0.593. The van der Waals surface area contributed by atoms with Crippen molar-refractivity contribution in [2.75, 3.05) is 20.3 Å². The lowest BCUT2D eigenvalue weighted by atomic mass is 9.98. The van der Waals surface area contributed by atoms with Crippen molar-refractivity contribution in [2.45, 2.75) is 19.4 Å². The summed E-state index contributed by atoms with van der Waals surface area (Å²) in [6.45, 7) is 2.60. The number of carbonyl (C=O) groups is 1. The first-order valence-electron chi connectivity index (χ1n) is 6.38. The van der Waals surface area contributed by atoms with Gasteiger partial charge in [-0.05, 0) is 24.1 Å². The molecule has 20 heavy (non-hydrogen) atoms. The Bertz CT molecular complexity index is 503. The highest BCUT2D eigenvalue weighted by atomic mass is 35.5. The molecule has 0 saturated carbocycles. The first-order chi connectivity index (χ1) is 9.52. The van der Waals surface area contributed by atoms with Gasteiger partial charge in [0.05, 0.1) is 24.2 Å². The van der Waals surface area contributed by atoms with Crippen LogP contribution in [0, 0.1) is 5.92 Å². The Morgan fingerprint density at radius 2 is 2.15 bits per heavy atom. The lowest BCUT2D eigenvalue weighted by Crippen LogP contribution is -2.18. The third-order valence-electron chi connectivity index (χ3n) is 3.18. The molecule has 1 aliphatic rings. The van der Waals surface area contributed by atoms with Crippen LogP contribution in [0.4, 0.5) is 0 Å². The van der Waals surface area contributed by atoms with Gasteiger partial charge in [-0.3, -0.25) is 4.79 Å². The summed E-state index contributed by atoms with van der Waals surface area (Å²) in [4.78, 5) is 11.4. The number of carbonyl (C=O) groups excluding carboxylic acids is 1. The molecule has 0 spiro atoms. The molecular weight excluding hydrogens is 284 g/mol. The fraction of sp³-hybridized carbons (Fsp3) is 0.500. The fourth-order valence-corrected chi connectivity index (χ4v) is 2.37. The minimum atomic E-state index is -0.822. The van der Waals surface area contributed by atoms with Crippen LogP contribution in [-0.4, -0.2) is 31.4 Å². The van der Waals surface area contributed by atoms with E-state index in [1.54, 1.807) is 19.1 Å². The standard InChI is InChI=1S/C14H17ClO5/c1-8(14(17)18-2)5-11(16)9-6-10(15)13-12(7-9)19-3-4-20-13/h6-8,11,16H,3-5H2,1-2H3. The zero-order valence-corrected chi connectivity index (χ0v) is 12.1. The minimum absolute atomic E-state index is 0.253. The van der Waals surface area contributed by atoms with E-state index in [0.717, 1.165) is 0 Å². The second-order valence-corrected chi connectivity index (χ2v) is 5.11. The van der Waals surface area contributed by atoms with E-state index in [1.807, 2.05) is 0 Å². The van der Waals surface area contributed by atoms with Gasteiger partial charge < -0.3 is 19.3 Å². The van der Waals surface area contributed by atoms with E-state index in [9.17, 15) is 9.90 Å². The number of halogens is 1. The molecule has 0 fully saturated rings. The zero-order valence-electron chi connectivity index (χ0n) is 11.4. The third-order valence-corrected chi connectivity index (χ3v) is 3.47. The van der Waals surface area contributed by atoms with Crippen LogP contribution < -0.4 is 9.47 Å². The van der Waals surface area contributed by atoms with Gasteiger partial charge in [0, 0.05) is 0 Å². The van der Waals surface area contributed by atoms with E-state index >= 15 is 0 Å². The van der Waals surface area contributed by atoms with Gasteiger partial charge in [-0.2, -0.15) is 0 Å². The molecule has 0 aliphatic carbocycles. The highest BCUT2D eigenvalue weighted by Gasteiger charge is 2.23. The van der Waals surface area contributed by atoms with E-state index < -0.39 is 12.0 Å². The number of fused-ring (bicyclic) bond motifs is 1. The Morgan fingerprint density at radius 1 is 1.45 bits per heavy atom. The van der Waals surface area contributed by atoms with Crippen molar-refractivity contribution >= 4 is 17.6 Å². The highest BCUT2D eigenvalue weighted by Crippen LogP contribution is 2.40. The normalized spacial score (nSPS) is 16.4. The molecule has 6 heteroatoms. The molecular formula is C14H17ClO5. The third kappa shape index (κ3) is 3.16. The van der Waals surface area contributed by atoms with Crippen LogP contribution >= 0.6 is 11.6 Å². The summed E-state index contributed by atoms with van der Waals surface area (Å²) < 4.78 is 15.5. The van der Waals surface area contributed by atoms with Crippen molar-refractivity contribution in [3.63, 3.8) is 0 Å². The Hall–Kier alpha value is -1.46. The van der Waals surface area contributed by atoms with E-state index in [-0.39, 0.29) is 12.4 Å². The lowest BCUT2D eigenvalue weighted by Gasteiger charge is -2.22. The SMILES string of the molecule is COC(=O)C(C)CC(O)c1cc(Cl)c2c(c1)OCCO2. The largest absolute Gasteiger partial charge is 0.486 e. The van der Waals surface area contributed by atoms with Gasteiger partial charge in [-0.15, -0.1) is 0 Å². The number of benzene rings is 1. The quantitative estimate of drug-likeness (QED) is 0.865. The van der Waals surface area contributed by atoms with Gasteiger partial charge in [0.25, 0.3) is 0 Å². The number of hydrogen-bond acceptors (Lipinski definition) is 5. The van der Waals surface area contributed by atoms with Crippen molar-refractivity contribution in [2.24, 2.45) is 5.92 Å². The monoisotopic (exact) mass is 300 g/mol. The number of ether oxygens (including phenoxy) is 3. The maximum Gasteiger partial charge on any atom is 0.308 e. The maximum absolute atomic E-state index is 11.4. The predicted molar refractivity (Wildman–Crippen MR) is 73.2 cm³/mol. The summed E-state index contributed by atoms with van der Waals surface area (Å²) in [6.07, 6.45) is -0.569. The van der Waals surface area contributed by atoms with Crippen molar-refractivity contribution in [1.29, 1.82) is 0 Å². The van der Waals surface area contributed by atoms with Gasteiger partial charge in [0.2, 0.25) is 0 Å². The van der Waals surface area contributed by atoms with E-state index in [0.29, 0.717) is 35.3 Å². The molecule has 0 aromatic heterocycles. The van der Waals surface area contributed by atoms with Gasteiger partial charge in [-0.1, -0.05) is 18.5 Å². The van der Waals surface area contributed by atoms with Crippen LogP contribution in [0.15, 0.2) is 12.1 Å². The lowest BCUT2D eigenvalue weighted by molar-refractivity contribution is -0.145. The highest BCUT2D eigenvalue weighted by molar-refractivity contribution is 6.32. The average molecular weight is 301 g/mol. The number of rotatable bonds is 4. The molecule has 1 N–H and O–H groups in total. The van der Waals surface area contributed by atoms with E-state index in [2.05, 4.69) is 4.74 Å². The molecule has 1 aromatic rings. The molecule has 110 valence electrons. The van der Waals surface area contributed by atoms with E-state index in [4.69, 9.17) is 21.1 Å². The van der Waals surface area contributed by atoms with Crippen molar-refractivity contribution in [3.8, 4) is 11.5 Å². The smallest absolute Gasteiger partial charge is 0.308 e. The molecule has 2 atom stereocenters. The first kappa shape index (κ1) is 14.9. The summed E-state index contributed by atoms with van der Waals surface area (Å²) in [7, 11) is 1.33. The van der Waals surface area contributed by atoms with Gasteiger partial charge in [-0.25, -0.2) is 0 Å². The summed E-state index contributed by atoms with van der Waals surface area (Å²) in [6, 6.07) is 3.32. The second kappa shape index (κ2) is 6.33. The molecule has 0 saturated heterocycles. The average Bonchev–Trinajstić information content (AvgIpc) is 2.46. The zero-order chi connectivity index (χ0) is 14.7. The van der Waals surface area contributed by atoms with Crippen LogP contribution in [0.5, 0.6) is 11.5 Å². The van der Waals surface area contributed by atoms with Gasteiger partial charge in [0.15, 0.2) is 11.5 Å². The van der Waals surface area contributed by atoms with Crippen LogP contribution in [0.2, 0.25) is 5.02 Å². The Kier molecular flexibility index (Phi) is 4.73. The molecule has 0 bridgehead atoms. The number of esters is 1. The van der Waals surface area contributed by atoms with Crippen LogP contribution in [0.1, 0.15) is 25.0 Å². The molecule has 1 aliphatic heterocycles. The molecule has 0 amide bonds. The molecule has 2 rings (SSSR count). The van der Waals surface area contributed by atoms with Gasteiger partial charge in [0.1, 0.15) is 13.2 Å². The number of aliphatic hydroxyl groups excluding tert-OH is 1. The molecule has 1 aromatic carbocycles. The number of methoxy groups -OCH3 is 1. The fourth-order valence-electron chi connectivity index (χ4n) is 2.09. The predicted octanol–water partition coefficient (Wildman–Crippen LogP) is 2.34. The van der Waals surface area contributed by atoms with Crippen LogP contribution in [0.25, 0.3) is 0 Å². The first-order valence-corrected chi connectivity index (χ1v) is 6.75. The number of hydrogen-bond donors (Lipinski definition) is 1. The van der Waals surface area contributed by atoms with E-state index in [1.165, 1.54) is 7.11 Å². The van der Waals surface area contributed by atoms with Crippen LogP contribution in [0.3, 0.4) is 0 Å². The molecule has 2 unspecified atom stereocenters. The summed E-state index contributed by atoms with van der Waals surface area (Å²) in [5.74, 6) is 0.257. The summed E-state index contributed by atoms with van der Waals surface area (Å²) in [5, 5.41) is 10.6. The van der Waals surface area contributed by atoms with Gasteiger partial charge >= 0.3 is 5.97 Å². The Morgan fingerprint density at radius 3 is 2.85 bits per heavy atom.